The first-order valence-electron chi connectivity index (χ1n) is 9.57. The first kappa shape index (κ1) is 18.7. The van der Waals surface area contributed by atoms with E-state index in [0.29, 0.717) is 5.92 Å². The molecule has 3 rings (SSSR count). The first-order chi connectivity index (χ1) is 12.7. The predicted molar refractivity (Wildman–Crippen MR) is 114 cm³/mol. The molecule has 0 bridgehead atoms. The van der Waals surface area contributed by atoms with Crippen LogP contribution in [0.15, 0.2) is 72.8 Å². The largest absolute Gasteiger partial charge is 0.0843 e. The molecule has 26 heavy (non-hydrogen) atoms. The molecule has 0 N–H and O–H groups in total. The highest BCUT2D eigenvalue weighted by molar-refractivity contribution is 6.30. The second-order valence-corrected chi connectivity index (χ2v) is 7.61. The zero-order valence-electron chi connectivity index (χ0n) is 15.7. The van der Waals surface area contributed by atoms with Crippen LogP contribution < -0.4 is 0 Å². The third-order valence-electron chi connectivity index (χ3n) is 4.96. The van der Waals surface area contributed by atoms with E-state index in [9.17, 15) is 0 Å². The van der Waals surface area contributed by atoms with Crippen molar-refractivity contribution in [1.29, 1.82) is 0 Å². The molecule has 3 aromatic carbocycles. The maximum Gasteiger partial charge on any atom is 0.0414 e. The Morgan fingerprint density at radius 2 is 1.65 bits per heavy atom. The quantitative estimate of drug-likeness (QED) is 0.401. The number of unbranched alkanes of at least 4 members (excludes halogenated alkanes) is 1. The summed E-state index contributed by atoms with van der Waals surface area (Å²) >= 11 is 6.26. The molecule has 0 aliphatic heterocycles. The molecule has 0 aliphatic rings. The molecule has 0 fully saturated rings. The van der Waals surface area contributed by atoms with E-state index >= 15 is 0 Å². The number of benzene rings is 3. The number of rotatable bonds is 7. The number of hydrogen-bond donors (Lipinski definition) is 0. The number of hydrogen-bond acceptors (Lipinski definition) is 0. The van der Waals surface area contributed by atoms with Crippen LogP contribution in [0.25, 0.3) is 11.1 Å². The van der Waals surface area contributed by atoms with E-state index in [1.54, 1.807) is 0 Å². The smallest absolute Gasteiger partial charge is 0.0414 e. The molecule has 1 unspecified atom stereocenters. The van der Waals surface area contributed by atoms with E-state index in [2.05, 4.69) is 80.6 Å². The van der Waals surface area contributed by atoms with Crippen molar-refractivity contribution in [2.24, 2.45) is 0 Å². The fraction of sp³-hybridized carbons (Fsp3) is 0.280. The van der Waals surface area contributed by atoms with Gasteiger partial charge in [-0.25, -0.2) is 0 Å². The third kappa shape index (κ3) is 4.99. The molecule has 134 valence electrons. The predicted octanol–water partition coefficient (Wildman–Crippen LogP) is 7.83. The molecule has 0 radical (unpaired) electrons. The fourth-order valence-electron chi connectivity index (χ4n) is 3.63. The summed E-state index contributed by atoms with van der Waals surface area (Å²) in [6.45, 7) is 4.36. The Labute approximate surface area is 162 Å². The number of halogens is 1. The van der Waals surface area contributed by atoms with Gasteiger partial charge >= 0.3 is 0 Å². The minimum absolute atomic E-state index is 0.576. The molecule has 3 aromatic rings. The summed E-state index contributed by atoms with van der Waals surface area (Å²) in [5, 5.41) is 0.801. The molecular weight excluding hydrogens is 336 g/mol. The van der Waals surface area contributed by atoms with Crippen molar-refractivity contribution in [1.82, 2.24) is 0 Å². The Balaban J connectivity index is 1.86. The normalized spacial score (nSPS) is 12.1. The molecule has 0 heterocycles. The average molecular weight is 363 g/mol. The van der Waals surface area contributed by atoms with Crippen molar-refractivity contribution >= 4 is 11.6 Å². The van der Waals surface area contributed by atoms with Gasteiger partial charge in [-0.3, -0.25) is 0 Å². The van der Waals surface area contributed by atoms with Gasteiger partial charge in [0.05, 0.1) is 0 Å². The summed E-state index contributed by atoms with van der Waals surface area (Å²) in [6, 6.07) is 26.1. The van der Waals surface area contributed by atoms with E-state index in [-0.39, 0.29) is 0 Å². The maximum absolute atomic E-state index is 6.26. The van der Waals surface area contributed by atoms with Crippen LogP contribution >= 0.6 is 11.6 Å². The summed E-state index contributed by atoms with van der Waals surface area (Å²) in [4.78, 5) is 0. The zero-order valence-corrected chi connectivity index (χ0v) is 16.5. The van der Waals surface area contributed by atoms with E-state index in [0.717, 1.165) is 11.4 Å². The van der Waals surface area contributed by atoms with E-state index in [1.165, 1.54) is 47.1 Å². The lowest BCUT2D eigenvalue weighted by atomic mass is 9.87. The molecule has 1 heteroatoms. The third-order valence-corrected chi connectivity index (χ3v) is 5.18. The lowest BCUT2D eigenvalue weighted by Crippen LogP contribution is -2.03. The fourth-order valence-corrected chi connectivity index (χ4v) is 3.92. The second kappa shape index (κ2) is 9.05. The van der Waals surface area contributed by atoms with Gasteiger partial charge in [0.25, 0.3) is 0 Å². The molecule has 0 aromatic heterocycles. The maximum atomic E-state index is 6.26. The summed E-state index contributed by atoms with van der Waals surface area (Å²) in [5.41, 5.74) is 6.48. The summed E-state index contributed by atoms with van der Waals surface area (Å²) < 4.78 is 0. The van der Waals surface area contributed by atoms with Gasteiger partial charge in [-0.1, -0.05) is 92.0 Å². The van der Waals surface area contributed by atoms with Gasteiger partial charge in [-0.2, -0.15) is 0 Å². The molecule has 0 spiro atoms. The minimum atomic E-state index is 0.576. The lowest BCUT2D eigenvalue weighted by molar-refractivity contribution is 0.581. The summed E-state index contributed by atoms with van der Waals surface area (Å²) in [5.74, 6) is 0.576. The Kier molecular flexibility index (Phi) is 6.52. The molecule has 0 amide bonds. The van der Waals surface area contributed by atoms with Gasteiger partial charge in [-0.15, -0.1) is 0 Å². The van der Waals surface area contributed by atoms with E-state index in [1.807, 2.05) is 6.07 Å². The highest BCUT2D eigenvalue weighted by Crippen LogP contribution is 2.29. The Bertz CT molecular complexity index is 816. The molecule has 0 nitrogen and oxygen atoms in total. The van der Waals surface area contributed by atoms with Gasteiger partial charge in [-0.05, 0) is 65.6 Å². The van der Waals surface area contributed by atoms with Gasteiger partial charge in [0, 0.05) is 5.02 Å². The molecule has 0 saturated carbocycles. The monoisotopic (exact) mass is 362 g/mol. The highest BCUT2D eigenvalue weighted by atomic mass is 35.5. The number of aryl methyl sites for hydroxylation is 1. The van der Waals surface area contributed by atoms with Crippen LogP contribution in [0.5, 0.6) is 0 Å². The molecule has 0 aliphatic carbocycles. The van der Waals surface area contributed by atoms with Crippen LogP contribution in [0.3, 0.4) is 0 Å². The topological polar surface area (TPSA) is 0 Å². The Morgan fingerprint density at radius 3 is 2.38 bits per heavy atom. The Hall–Kier alpha value is -2.05. The summed E-state index contributed by atoms with van der Waals surface area (Å²) in [7, 11) is 0. The van der Waals surface area contributed by atoms with Crippen molar-refractivity contribution in [2.75, 3.05) is 0 Å². The van der Waals surface area contributed by atoms with Crippen LogP contribution in [0, 0.1) is 6.92 Å². The van der Waals surface area contributed by atoms with Gasteiger partial charge < -0.3 is 0 Å². The molecule has 0 saturated heterocycles. The van der Waals surface area contributed by atoms with Crippen LogP contribution in [0.2, 0.25) is 5.02 Å². The van der Waals surface area contributed by atoms with Crippen molar-refractivity contribution in [3.63, 3.8) is 0 Å². The van der Waals surface area contributed by atoms with Crippen LogP contribution in [-0.4, -0.2) is 0 Å². The summed E-state index contributed by atoms with van der Waals surface area (Å²) in [6.07, 6.45) is 4.83. The second-order valence-electron chi connectivity index (χ2n) is 7.17. The van der Waals surface area contributed by atoms with E-state index in [4.69, 9.17) is 11.6 Å². The molecule has 1 atom stereocenters. The minimum Gasteiger partial charge on any atom is -0.0843 e. The van der Waals surface area contributed by atoms with Crippen LogP contribution in [-0.2, 0) is 6.42 Å². The Morgan fingerprint density at radius 1 is 0.846 bits per heavy atom. The SMILES string of the molecule is CCCCC(Cc1cccc(-c2cc(C)cc(Cl)c2)c1)c1ccccc1. The highest BCUT2D eigenvalue weighted by Gasteiger charge is 2.12. The van der Waals surface area contributed by atoms with Gasteiger partial charge in [0.1, 0.15) is 0 Å². The van der Waals surface area contributed by atoms with Crippen molar-refractivity contribution in [2.45, 2.75) is 45.4 Å². The van der Waals surface area contributed by atoms with E-state index < -0.39 is 0 Å². The van der Waals surface area contributed by atoms with Gasteiger partial charge in [0.2, 0.25) is 0 Å². The van der Waals surface area contributed by atoms with Crippen LogP contribution in [0.4, 0.5) is 0 Å². The lowest BCUT2D eigenvalue weighted by Gasteiger charge is -2.18. The average Bonchev–Trinajstić information content (AvgIpc) is 2.65. The zero-order chi connectivity index (χ0) is 18.4. The molecular formula is C25H27Cl. The first-order valence-corrected chi connectivity index (χ1v) is 9.95. The van der Waals surface area contributed by atoms with Gasteiger partial charge in [0.15, 0.2) is 0 Å². The van der Waals surface area contributed by atoms with Crippen LogP contribution in [0.1, 0.15) is 48.8 Å². The van der Waals surface area contributed by atoms with Crippen molar-refractivity contribution in [3.8, 4) is 11.1 Å². The standard InChI is InChI=1S/C25H27Cl/c1-3-4-10-22(21-11-6-5-7-12-21)16-20-9-8-13-23(17-20)24-14-19(2)15-25(26)18-24/h5-9,11-15,17-18,22H,3-4,10,16H2,1-2H3. The van der Waals surface area contributed by atoms with Crippen molar-refractivity contribution < 1.29 is 0 Å². The van der Waals surface area contributed by atoms with Crippen molar-refractivity contribution in [3.05, 3.63) is 94.5 Å².